The molecule has 3 heteroatoms. The molecule has 0 aromatic heterocycles. The Bertz CT molecular complexity index is 313. The highest BCUT2D eigenvalue weighted by atomic mass is 16.4. The average molecular weight is 265 g/mol. The molecule has 0 aromatic carbocycles. The highest BCUT2D eigenvalue weighted by Gasteiger charge is 2.33. The van der Waals surface area contributed by atoms with Crippen LogP contribution in [0.15, 0.2) is 12.7 Å². The molecular weight excluding hydrogens is 238 g/mol. The lowest BCUT2D eigenvalue weighted by Crippen LogP contribution is -2.41. The topological polar surface area (TPSA) is 49.3 Å². The fourth-order valence-electron chi connectivity index (χ4n) is 3.79. The van der Waals surface area contributed by atoms with Gasteiger partial charge < -0.3 is 10.4 Å². The summed E-state index contributed by atoms with van der Waals surface area (Å²) in [5.41, 5.74) is 0.436. The smallest absolute Gasteiger partial charge is 0.306 e. The molecule has 0 unspecified atom stereocenters. The second-order valence-corrected chi connectivity index (χ2v) is 6.47. The van der Waals surface area contributed by atoms with Crippen LogP contribution in [0.2, 0.25) is 0 Å². The molecule has 0 radical (unpaired) electrons. The number of nitrogens with one attached hydrogen (secondary N) is 1. The number of carbonyl (C=O) groups is 1. The van der Waals surface area contributed by atoms with Gasteiger partial charge >= 0.3 is 5.97 Å². The first-order valence-corrected chi connectivity index (χ1v) is 7.72. The number of allylic oxidation sites excluding steroid dienone is 1. The van der Waals surface area contributed by atoms with E-state index in [0.717, 1.165) is 38.6 Å². The Morgan fingerprint density at radius 3 is 2.42 bits per heavy atom. The highest BCUT2D eigenvalue weighted by molar-refractivity contribution is 5.70. The lowest BCUT2D eigenvalue weighted by atomic mass is 9.81. The first-order valence-electron chi connectivity index (χ1n) is 7.72. The van der Waals surface area contributed by atoms with Gasteiger partial charge in [0.15, 0.2) is 0 Å². The van der Waals surface area contributed by atoms with Gasteiger partial charge in [0.25, 0.3) is 0 Å². The fraction of sp³-hybridized carbons (Fsp3) is 0.812. The number of hydrogen-bond donors (Lipinski definition) is 2. The van der Waals surface area contributed by atoms with Crippen LogP contribution in [0.5, 0.6) is 0 Å². The Labute approximate surface area is 116 Å². The summed E-state index contributed by atoms with van der Waals surface area (Å²) < 4.78 is 0. The van der Waals surface area contributed by atoms with Gasteiger partial charge in [0.05, 0.1) is 5.92 Å². The molecule has 2 aliphatic rings. The zero-order valence-corrected chi connectivity index (χ0v) is 11.9. The highest BCUT2D eigenvalue weighted by Crippen LogP contribution is 2.41. The van der Waals surface area contributed by atoms with Gasteiger partial charge in [-0.2, -0.15) is 0 Å². The van der Waals surface area contributed by atoms with Crippen molar-refractivity contribution < 1.29 is 9.90 Å². The van der Waals surface area contributed by atoms with Crippen molar-refractivity contribution in [2.75, 3.05) is 6.54 Å². The van der Waals surface area contributed by atoms with Crippen molar-refractivity contribution in [1.82, 2.24) is 5.32 Å². The zero-order chi connectivity index (χ0) is 13.7. The summed E-state index contributed by atoms with van der Waals surface area (Å²) in [5.74, 6) is -0.718. The van der Waals surface area contributed by atoms with Crippen molar-refractivity contribution >= 4 is 5.97 Å². The molecule has 0 amide bonds. The third-order valence-electron chi connectivity index (χ3n) is 5.08. The quantitative estimate of drug-likeness (QED) is 0.724. The van der Waals surface area contributed by atoms with E-state index in [1.807, 2.05) is 0 Å². The van der Waals surface area contributed by atoms with E-state index in [1.165, 1.54) is 25.7 Å². The number of hydrogen-bond acceptors (Lipinski definition) is 2. The van der Waals surface area contributed by atoms with Crippen molar-refractivity contribution in [3.05, 3.63) is 12.7 Å². The molecule has 2 rings (SSSR count). The summed E-state index contributed by atoms with van der Waals surface area (Å²) >= 11 is 0. The minimum atomic E-state index is -0.614. The Morgan fingerprint density at radius 2 is 1.89 bits per heavy atom. The van der Waals surface area contributed by atoms with Crippen LogP contribution in [0.1, 0.15) is 57.8 Å². The third kappa shape index (κ3) is 3.82. The Morgan fingerprint density at radius 1 is 1.26 bits per heavy atom. The maximum atomic E-state index is 10.9. The Kier molecular flexibility index (Phi) is 5.03. The van der Waals surface area contributed by atoms with Gasteiger partial charge in [-0.15, -0.1) is 6.58 Å². The molecular formula is C16H27NO2. The molecule has 0 aromatic rings. The van der Waals surface area contributed by atoms with E-state index in [0.29, 0.717) is 11.5 Å². The van der Waals surface area contributed by atoms with Gasteiger partial charge in [0.1, 0.15) is 0 Å². The maximum absolute atomic E-state index is 10.9. The predicted octanol–water partition coefficient (Wildman–Crippen LogP) is 3.36. The van der Waals surface area contributed by atoms with E-state index in [9.17, 15) is 4.79 Å². The van der Waals surface area contributed by atoms with Crippen molar-refractivity contribution in [1.29, 1.82) is 0 Å². The molecule has 19 heavy (non-hydrogen) atoms. The molecule has 0 atom stereocenters. The molecule has 0 heterocycles. The van der Waals surface area contributed by atoms with Crippen molar-refractivity contribution in [2.24, 2.45) is 11.3 Å². The van der Waals surface area contributed by atoms with Crippen molar-refractivity contribution in [3.8, 4) is 0 Å². The van der Waals surface area contributed by atoms with Gasteiger partial charge in [-0.3, -0.25) is 4.79 Å². The second kappa shape index (κ2) is 6.56. The predicted molar refractivity (Wildman–Crippen MR) is 77.1 cm³/mol. The Hall–Kier alpha value is -0.830. The molecule has 0 spiro atoms. The lowest BCUT2D eigenvalue weighted by Gasteiger charge is -2.33. The van der Waals surface area contributed by atoms with E-state index < -0.39 is 5.97 Å². The van der Waals surface area contributed by atoms with Gasteiger partial charge in [0, 0.05) is 12.6 Å². The molecule has 0 saturated heterocycles. The minimum absolute atomic E-state index is 0.105. The van der Waals surface area contributed by atoms with Gasteiger partial charge in [-0.05, 0) is 50.4 Å². The molecule has 2 N–H and O–H groups in total. The SMILES string of the molecule is C=CCC1(CNC2CCC(C(=O)O)CC2)CCCC1. The third-order valence-corrected chi connectivity index (χ3v) is 5.08. The van der Waals surface area contributed by atoms with Crippen LogP contribution in [-0.2, 0) is 4.79 Å². The number of aliphatic carboxylic acids is 1. The van der Waals surface area contributed by atoms with Crippen LogP contribution >= 0.6 is 0 Å². The van der Waals surface area contributed by atoms with Crippen LogP contribution in [-0.4, -0.2) is 23.7 Å². The molecule has 2 fully saturated rings. The largest absolute Gasteiger partial charge is 0.481 e. The lowest BCUT2D eigenvalue weighted by molar-refractivity contribution is -0.142. The molecule has 2 aliphatic carbocycles. The molecule has 0 aliphatic heterocycles. The zero-order valence-electron chi connectivity index (χ0n) is 11.9. The maximum Gasteiger partial charge on any atom is 0.306 e. The molecule has 0 bridgehead atoms. The van der Waals surface area contributed by atoms with E-state index in [4.69, 9.17) is 5.11 Å². The normalized spacial score (nSPS) is 30.1. The molecule has 3 nitrogen and oxygen atoms in total. The van der Waals surface area contributed by atoms with Crippen LogP contribution < -0.4 is 5.32 Å². The summed E-state index contributed by atoms with van der Waals surface area (Å²) in [4.78, 5) is 10.9. The first-order chi connectivity index (χ1) is 9.15. The van der Waals surface area contributed by atoms with Gasteiger partial charge in [-0.1, -0.05) is 18.9 Å². The Balaban J connectivity index is 1.76. The van der Waals surface area contributed by atoms with E-state index in [2.05, 4.69) is 18.0 Å². The van der Waals surface area contributed by atoms with Crippen LogP contribution in [0, 0.1) is 11.3 Å². The second-order valence-electron chi connectivity index (χ2n) is 6.47. The first kappa shape index (κ1) is 14.6. The van der Waals surface area contributed by atoms with Crippen LogP contribution in [0.3, 0.4) is 0 Å². The van der Waals surface area contributed by atoms with E-state index in [1.54, 1.807) is 0 Å². The van der Waals surface area contributed by atoms with Gasteiger partial charge in [0.2, 0.25) is 0 Å². The average Bonchev–Trinajstić information content (AvgIpc) is 2.86. The monoisotopic (exact) mass is 265 g/mol. The number of carboxylic acids is 1. The van der Waals surface area contributed by atoms with Crippen LogP contribution in [0.4, 0.5) is 0 Å². The van der Waals surface area contributed by atoms with Crippen molar-refractivity contribution in [2.45, 2.75) is 63.8 Å². The fourth-order valence-corrected chi connectivity index (χ4v) is 3.79. The summed E-state index contributed by atoms with van der Waals surface area (Å²) in [7, 11) is 0. The van der Waals surface area contributed by atoms with Crippen LogP contribution in [0.25, 0.3) is 0 Å². The summed E-state index contributed by atoms with van der Waals surface area (Å²) in [6.45, 7) is 4.99. The number of carboxylic acid groups (broad SMARTS) is 1. The summed E-state index contributed by atoms with van der Waals surface area (Å²) in [6.07, 6.45) is 12.2. The van der Waals surface area contributed by atoms with E-state index >= 15 is 0 Å². The van der Waals surface area contributed by atoms with E-state index in [-0.39, 0.29) is 5.92 Å². The molecule has 2 saturated carbocycles. The number of rotatable bonds is 6. The van der Waals surface area contributed by atoms with Crippen molar-refractivity contribution in [3.63, 3.8) is 0 Å². The summed E-state index contributed by atoms with van der Waals surface area (Å²) in [5, 5.41) is 12.7. The summed E-state index contributed by atoms with van der Waals surface area (Å²) in [6, 6.07) is 0.526. The standard InChI is InChI=1S/C16H27NO2/c1-2-9-16(10-3-4-11-16)12-17-14-7-5-13(6-8-14)15(18)19/h2,13-14,17H,1,3-12H2,(H,18,19). The minimum Gasteiger partial charge on any atom is -0.481 e. The van der Waals surface area contributed by atoms with Gasteiger partial charge in [-0.25, -0.2) is 0 Å². The molecule has 108 valence electrons.